The highest BCUT2D eigenvalue weighted by atomic mass is 35.5. The number of ether oxygens (including phenoxy) is 2. The van der Waals surface area contributed by atoms with Crippen LogP contribution >= 0.6 is 22.9 Å². The molecule has 0 radical (unpaired) electrons. The molecular weight excluding hydrogens is 565 g/mol. The van der Waals surface area contributed by atoms with Crippen LogP contribution in [-0.2, 0) is 25.2 Å². The fourth-order valence-electron chi connectivity index (χ4n) is 3.80. The van der Waals surface area contributed by atoms with E-state index in [2.05, 4.69) is 16.0 Å². The summed E-state index contributed by atoms with van der Waals surface area (Å²) in [7, 11) is 0. The first-order valence-electron chi connectivity index (χ1n) is 11.9. The molecule has 0 bridgehead atoms. The maximum Gasteiger partial charge on any atom is 0.418 e. The van der Waals surface area contributed by atoms with E-state index in [1.165, 1.54) is 18.2 Å². The lowest BCUT2D eigenvalue weighted by Gasteiger charge is -2.28. The quantitative estimate of drug-likeness (QED) is 0.431. The number of amides is 4. The molecule has 1 atom stereocenters. The van der Waals surface area contributed by atoms with Gasteiger partial charge in [0.1, 0.15) is 18.8 Å². The fourth-order valence-corrected chi connectivity index (χ4v) is 4.76. The molecule has 0 unspecified atom stereocenters. The van der Waals surface area contributed by atoms with Gasteiger partial charge >= 0.3 is 12.3 Å². The molecule has 1 saturated heterocycles. The summed E-state index contributed by atoms with van der Waals surface area (Å²) >= 11 is 6.84. The van der Waals surface area contributed by atoms with Gasteiger partial charge in [-0.3, -0.25) is 14.4 Å². The molecule has 15 heteroatoms. The van der Waals surface area contributed by atoms with Crippen LogP contribution in [0, 0.1) is 0 Å². The molecule has 4 amide bonds. The van der Waals surface area contributed by atoms with Crippen LogP contribution in [0.2, 0.25) is 4.34 Å². The fraction of sp³-hybridized carbons (Fsp3) is 0.417. The van der Waals surface area contributed by atoms with Crippen molar-refractivity contribution < 1.29 is 41.8 Å². The van der Waals surface area contributed by atoms with E-state index in [9.17, 15) is 32.3 Å². The predicted octanol–water partition coefficient (Wildman–Crippen LogP) is 3.80. The van der Waals surface area contributed by atoms with E-state index in [-0.39, 0.29) is 36.4 Å². The van der Waals surface area contributed by atoms with Gasteiger partial charge < -0.3 is 30.3 Å². The minimum atomic E-state index is -4.88. The molecule has 210 valence electrons. The molecule has 2 heterocycles. The number of hydrogen-bond donors (Lipinski definition) is 3. The zero-order chi connectivity index (χ0) is 28.2. The van der Waals surface area contributed by atoms with Gasteiger partial charge in [-0.05, 0) is 49.6 Å². The first-order valence-corrected chi connectivity index (χ1v) is 13.1. The standard InChI is InChI=1S/C24H24ClF3N4O6S/c25-19-7-6-18(39-19)22(35)29-11-17(31-23(36)38-14-2-1-3-14)21(34)30-16-5-4-13(10-15(16)24(26,27)28)32-8-9-37-12-20(32)33/h4-7,10,14,17H,1-3,8-9,11-12H2,(H,29,35)(H,30,34)(H,31,36)/t17-/m1/s1. The van der Waals surface area contributed by atoms with Gasteiger partial charge in [0.05, 0.1) is 27.1 Å². The topological polar surface area (TPSA) is 126 Å². The van der Waals surface area contributed by atoms with Crippen LogP contribution in [-0.4, -0.2) is 62.3 Å². The van der Waals surface area contributed by atoms with Gasteiger partial charge in [-0.25, -0.2) is 4.79 Å². The molecule has 2 aliphatic rings. The number of hydrogen-bond acceptors (Lipinski definition) is 7. The summed E-state index contributed by atoms with van der Waals surface area (Å²) in [5, 5.41) is 6.97. The Kier molecular flexibility index (Phi) is 8.97. The molecule has 2 aromatic rings. The van der Waals surface area contributed by atoms with Gasteiger partial charge in [0.15, 0.2) is 0 Å². The molecule has 39 heavy (non-hydrogen) atoms. The highest BCUT2D eigenvalue weighted by molar-refractivity contribution is 7.18. The second kappa shape index (κ2) is 12.2. The molecule has 3 N–H and O–H groups in total. The number of halogens is 4. The molecule has 1 saturated carbocycles. The first-order chi connectivity index (χ1) is 18.5. The van der Waals surface area contributed by atoms with E-state index in [4.69, 9.17) is 21.1 Å². The second-order valence-electron chi connectivity index (χ2n) is 8.78. The van der Waals surface area contributed by atoms with Gasteiger partial charge in [0.25, 0.3) is 11.8 Å². The maximum absolute atomic E-state index is 14.0. The van der Waals surface area contributed by atoms with Crippen LogP contribution in [0.5, 0.6) is 0 Å². The Hall–Kier alpha value is -3.36. The van der Waals surface area contributed by atoms with E-state index in [0.717, 1.165) is 34.8 Å². The number of carbonyl (C=O) groups is 4. The average molecular weight is 589 g/mol. The number of carbonyl (C=O) groups excluding carboxylic acids is 4. The number of anilines is 2. The normalized spacial score (nSPS) is 16.7. The van der Waals surface area contributed by atoms with E-state index in [1.807, 2.05) is 0 Å². The van der Waals surface area contributed by atoms with Crippen LogP contribution in [0.3, 0.4) is 0 Å². The number of alkyl carbamates (subject to hydrolysis) is 1. The number of nitrogens with zero attached hydrogens (tertiary/aromatic N) is 1. The van der Waals surface area contributed by atoms with Crippen molar-refractivity contribution in [3.05, 3.63) is 45.1 Å². The van der Waals surface area contributed by atoms with Gasteiger partial charge in [-0.15, -0.1) is 11.3 Å². The Morgan fingerprint density at radius 1 is 1.21 bits per heavy atom. The van der Waals surface area contributed by atoms with Crippen molar-refractivity contribution in [2.75, 3.05) is 36.5 Å². The monoisotopic (exact) mass is 588 g/mol. The van der Waals surface area contributed by atoms with Crippen molar-refractivity contribution in [1.29, 1.82) is 0 Å². The van der Waals surface area contributed by atoms with E-state index in [0.29, 0.717) is 17.2 Å². The lowest BCUT2D eigenvalue weighted by atomic mass is 9.96. The zero-order valence-electron chi connectivity index (χ0n) is 20.3. The highest BCUT2D eigenvalue weighted by Crippen LogP contribution is 2.37. The van der Waals surface area contributed by atoms with Gasteiger partial charge in [0.2, 0.25) is 5.91 Å². The summed E-state index contributed by atoms with van der Waals surface area (Å²) in [4.78, 5) is 51.4. The van der Waals surface area contributed by atoms with Crippen LogP contribution < -0.4 is 20.9 Å². The smallest absolute Gasteiger partial charge is 0.418 e. The van der Waals surface area contributed by atoms with Gasteiger partial charge in [-0.1, -0.05) is 11.6 Å². The minimum absolute atomic E-state index is 0.00533. The summed E-state index contributed by atoms with van der Waals surface area (Å²) in [6.07, 6.45) is -3.94. The maximum atomic E-state index is 14.0. The molecule has 10 nitrogen and oxygen atoms in total. The van der Waals surface area contributed by atoms with Crippen molar-refractivity contribution in [3.63, 3.8) is 0 Å². The van der Waals surface area contributed by atoms with Crippen LogP contribution in [0.4, 0.5) is 29.3 Å². The highest BCUT2D eigenvalue weighted by Gasteiger charge is 2.36. The third-order valence-corrected chi connectivity index (χ3v) is 7.29. The summed E-state index contributed by atoms with van der Waals surface area (Å²) in [6.45, 7) is -0.458. The zero-order valence-corrected chi connectivity index (χ0v) is 21.9. The molecule has 1 aromatic heterocycles. The minimum Gasteiger partial charge on any atom is -0.446 e. The van der Waals surface area contributed by atoms with E-state index >= 15 is 0 Å². The van der Waals surface area contributed by atoms with Gasteiger partial charge in [0, 0.05) is 18.8 Å². The molecule has 1 aliphatic carbocycles. The molecule has 1 aliphatic heterocycles. The van der Waals surface area contributed by atoms with Crippen LogP contribution in [0.1, 0.15) is 34.5 Å². The molecule has 0 spiro atoms. The summed E-state index contributed by atoms with van der Waals surface area (Å²) < 4.78 is 52.4. The van der Waals surface area contributed by atoms with E-state index in [1.54, 1.807) is 0 Å². The Bertz CT molecular complexity index is 1250. The first kappa shape index (κ1) is 28.6. The Balaban J connectivity index is 1.52. The number of thiophene rings is 1. The summed E-state index contributed by atoms with van der Waals surface area (Å²) in [6, 6.07) is 4.55. The molecular formula is C24H24ClF3N4O6S. The second-order valence-corrected chi connectivity index (χ2v) is 10.5. The predicted molar refractivity (Wildman–Crippen MR) is 136 cm³/mol. The number of rotatable bonds is 8. The van der Waals surface area contributed by atoms with Crippen LogP contribution in [0.15, 0.2) is 30.3 Å². The molecule has 4 rings (SSSR count). The SMILES string of the molecule is O=C(N[C@H](CNC(=O)c1ccc(Cl)s1)C(=O)Nc1ccc(N2CCOCC2=O)cc1C(F)(F)F)OC1CCC1. The van der Waals surface area contributed by atoms with Crippen molar-refractivity contribution in [2.45, 2.75) is 37.6 Å². The number of benzene rings is 1. The van der Waals surface area contributed by atoms with Gasteiger partial charge in [-0.2, -0.15) is 13.2 Å². The molecule has 2 fully saturated rings. The number of morpholine rings is 1. The lowest BCUT2D eigenvalue weighted by Crippen LogP contribution is -2.51. The third-order valence-electron chi connectivity index (χ3n) is 6.06. The summed E-state index contributed by atoms with van der Waals surface area (Å²) in [5.74, 6) is -2.11. The van der Waals surface area contributed by atoms with Crippen molar-refractivity contribution >= 4 is 58.1 Å². The van der Waals surface area contributed by atoms with Crippen molar-refractivity contribution in [2.24, 2.45) is 0 Å². The average Bonchev–Trinajstić information content (AvgIpc) is 3.30. The largest absolute Gasteiger partial charge is 0.446 e. The Morgan fingerprint density at radius 2 is 1.97 bits per heavy atom. The summed E-state index contributed by atoms with van der Waals surface area (Å²) in [5.41, 5.74) is -1.79. The van der Waals surface area contributed by atoms with E-state index < -0.39 is 53.8 Å². The Morgan fingerprint density at radius 3 is 2.59 bits per heavy atom. The van der Waals surface area contributed by atoms with Crippen molar-refractivity contribution in [3.8, 4) is 0 Å². The number of alkyl halides is 3. The number of nitrogens with one attached hydrogen (secondary N) is 3. The lowest BCUT2D eigenvalue weighted by molar-refractivity contribution is -0.137. The third kappa shape index (κ3) is 7.40. The van der Waals surface area contributed by atoms with Crippen LogP contribution in [0.25, 0.3) is 0 Å². The van der Waals surface area contributed by atoms with Crippen molar-refractivity contribution in [1.82, 2.24) is 10.6 Å². The molecule has 1 aromatic carbocycles. The Labute approximate surface area is 229 Å².